The van der Waals surface area contributed by atoms with Gasteiger partial charge in [0, 0.05) is 12.5 Å². The van der Waals surface area contributed by atoms with Gasteiger partial charge in [-0.25, -0.2) is 4.52 Å². The first-order valence-electron chi connectivity index (χ1n) is 4.18. The Kier molecular flexibility index (Phi) is 1.72. The van der Waals surface area contributed by atoms with E-state index in [-0.39, 0.29) is 0 Å². The minimum absolute atomic E-state index is 0.857. The number of aromatic nitrogens is 1. The van der Waals surface area contributed by atoms with Crippen molar-refractivity contribution in [2.45, 2.75) is 13.8 Å². The number of rotatable bonds is 1. The van der Waals surface area contributed by atoms with Crippen LogP contribution in [0.25, 0.3) is 11.0 Å². The lowest BCUT2D eigenvalue weighted by atomic mass is 10.1. The van der Waals surface area contributed by atoms with Crippen LogP contribution in [0, 0.1) is 13.8 Å². The molecule has 1 N–H and O–H groups in total. The molecular weight excluding hydrogens is 166 g/mol. The van der Waals surface area contributed by atoms with E-state index in [9.17, 15) is 0 Å². The maximum Gasteiger partial charge on any atom is 0.233 e. The van der Waals surface area contributed by atoms with Gasteiger partial charge in [-0.15, -0.1) is 0 Å². The highest BCUT2D eigenvalue weighted by molar-refractivity contribution is 5.83. The van der Waals surface area contributed by atoms with Crippen LogP contribution in [0.5, 0.6) is 5.75 Å². The van der Waals surface area contributed by atoms with Gasteiger partial charge in [0.15, 0.2) is 0 Å². The molecule has 68 valence electrons. The second-order valence-electron chi connectivity index (χ2n) is 3.10. The van der Waals surface area contributed by atoms with Crippen molar-refractivity contribution >= 4 is 11.0 Å². The van der Waals surface area contributed by atoms with Gasteiger partial charge in [-0.05, 0) is 24.2 Å². The summed E-state index contributed by atoms with van der Waals surface area (Å²) in [5.74, 6) is 0.857. The molecule has 2 aromatic rings. The molecule has 0 atom stereocenters. The van der Waals surface area contributed by atoms with Crippen LogP contribution in [0.1, 0.15) is 11.3 Å². The first-order chi connectivity index (χ1) is 6.24. The average molecular weight is 178 g/mol. The third-order valence-electron chi connectivity index (χ3n) is 2.29. The van der Waals surface area contributed by atoms with E-state index in [0.29, 0.717) is 0 Å². The Morgan fingerprint density at radius 1 is 1.31 bits per heavy atom. The van der Waals surface area contributed by atoms with E-state index >= 15 is 0 Å². The van der Waals surface area contributed by atoms with Crippen LogP contribution < -0.4 is 9.89 Å². The van der Waals surface area contributed by atoms with Gasteiger partial charge in [0.2, 0.25) is 11.3 Å². The van der Waals surface area contributed by atoms with Crippen molar-refractivity contribution in [3.63, 3.8) is 0 Å². The van der Waals surface area contributed by atoms with Gasteiger partial charge < -0.3 is 4.74 Å². The monoisotopic (exact) mass is 178 g/mol. The fourth-order valence-electron chi connectivity index (χ4n) is 1.50. The van der Waals surface area contributed by atoms with Crippen molar-refractivity contribution in [2.75, 3.05) is 7.11 Å². The quantitative estimate of drug-likeness (QED) is 0.668. The molecule has 0 fully saturated rings. The standard InChI is InChI=1S/C10H11NO2/c1-6-9(12-3)5-4-8-7(2)11-13-10(6)8/h4-5H,1-3H3/p+1. The summed E-state index contributed by atoms with van der Waals surface area (Å²) in [7, 11) is 1.66. The van der Waals surface area contributed by atoms with Crippen LogP contribution in [0.4, 0.5) is 0 Å². The van der Waals surface area contributed by atoms with E-state index in [1.807, 2.05) is 26.0 Å². The summed E-state index contributed by atoms with van der Waals surface area (Å²) in [6.45, 7) is 3.97. The second-order valence-corrected chi connectivity index (χ2v) is 3.10. The van der Waals surface area contributed by atoms with Crippen LogP contribution in [0.3, 0.4) is 0 Å². The number of fused-ring (bicyclic) bond motifs is 1. The molecule has 2 rings (SSSR count). The molecule has 1 heterocycles. The summed E-state index contributed by atoms with van der Waals surface area (Å²) in [6.07, 6.45) is 0. The zero-order valence-electron chi connectivity index (χ0n) is 7.97. The Morgan fingerprint density at radius 2 is 2.08 bits per heavy atom. The summed E-state index contributed by atoms with van der Waals surface area (Å²) in [4.78, 5) is 0. The van der Waals surface area contributed by atoms with Gasteiger partial charge in [0.05, 0.1) is 12.5 Å². The molecule has 0 aliphatic rings. The van der Waals surface area contributed by atoms with Gasteiger partial charge in [-0.1, -0.05) is 0 Å². The Morgan fingerprint density at radius 3 is 2.77 bits per heavy atom. The van der Waals surface area contributed by atoms with E-state index < -0.39 is 0 Å². The predicted molar refractivity (Wildman–Crippen MR) is 48.8 cm³/mol. The van der Waals surface area contributed by atoms with Crippen molar-refractivity contribution in [2.24, 2.45) is 0 Å². The summed E-state index contributed by atoms with van der Waals surface area (Å²) in [5.41, 5.74) is 2.95. The van der Waals surface area contributed by atoms with Gasteiger partial charge in [-0.3, -0.25) is 0 Å². The van der Waals surface area contributed by atoms with Gasteiger partial charge in [0.1, 0.15) is 5.75 Å². The van der Waals surface area contributed by atoms with E-state index in [0.717, 1.165) is 28.0 Å². The molecule has 3 heteroatoms. The third-order valence-corrected chi connectivity index (χ3v) is 2.29. The smallest absolute Gasteiger partial charge is 0.233 e. The molecule has 0 aliphatic heterocycles. The normalized spacial score (nSPS) is 10.7. The first kappa shape index (κ1) is 8.10. The van der Waals surface area contributed by atoms with Crippen LogP contribution in [-0.4, -0.2) is 7.11 Å². The number of hydrogen-bond acceptors (Lipinski definition) is 2. The van der Waals surface area contributed by atoms with Crippen molar-refractivity contribution in [3.05, 3.63) is 23.4 Å². The molecule has 0 saturated carbocycles. The van der Waals surface area contributed by atoms with Crippen molar-refractivity contribution in [1.29, 1.82) is 0 Å². The minimum atomic E-state index is 0.857. The van der Waals surface area contributed by atoms with Crippen LogP contribution in [-0.2, 0) is 0 Å². The summed E-state index contributed by atoms with van der Waals surface area (Å²) >= 11 is 0. The highest BCUT2D eigenvalue weighted by Crippen LogP contribution is 2.27. The molecule has 3 nitrogen and oxygen atoms in total. The molecule has 13 heavy (non-hydrogen) atoms. The lowest BCUT2D eigenvalue weighted by molar-refractivity contribution is -0.608. The predicted octanol–water partition coefficient (Wildman–Crippen LogP) is 1.87. The SMILES string of the molecule is COc1ccc2c(C)[nH+]oc2c1C. The Labute approximate surface area is 76.3 Å². The zero-order chi connectivity index (χ0) is 9.42. The Hall–Kier alpha value is -1.51. The molecule has 1 aromatic heterocycles. The number of aryl methyl sites for hydroxylation is 2. The lowest BCUT2D eigenvalue weighted by Crippen LogP contribution is -1.97. The van der Waals surface area contributed by atoms with Crippen molar-refractivity contribution < 1.29 is 14.4 Å². The van der Waals surface area contributed by atoms with E-state index in [2.05, 4.69) is 5.16 Å². The van der Waals surface area contributed by atoms with Gasteiger partial charge in [0.25, 0.3) is 0 Å². The maximum absolute atomic E-state index is 5.32. The Balaban J connectivity index is 2.80. The van der Waals surface area contributed by atoms with Crippen LogP contribution >= 0.6 is 0 Å². The number of methoxy groups -OCH3 is 1. The maximum atomic E-state index is 5.32. The van der Waals surface area contributed by atoms with Crippen LogP contribution in [0.15, 0.2) is 16.7 Å². The van der Waals surface area contributed by atoms with E-state index in [1.54, 1.807) is 7.11 Å². The largest absolute Gasteiger partial charge is 0.496 e. The molecule has 1 aromatic carbocycles. The first-order valence-corrected chi connectivity index (χ1v) is 4.18. The highest BCUT2D eigenvalue weighted by Gasteiger charge is 2.14. The van der Waals surface area contributed by atoms with E-state index in [1.165, 1.54) is 0 Å². The number of nitrogens with one attached hydrogen (secondary N) is 1. The molecule has 0 unspecified atom stereocenters. The van der Waals surface area contributed by atoms with Gasteiger partial charge >= 0.3 is 0 Å². The van der Waals surface area contributed by atoms with Gasteiger partial charge in [-0.2, -0.15) is 0 Å². The fraction of sp³-hybridized carbons (Fsp3) is 0.300. The molecule has 0 spiro atoms. The second kappa shape index (κ2) is 2.76. The highest BCUT2D eigenvalue weighted by atomic mass is 16.5. The number of aromatic amines is 1. The fourth-order valence-corrected chi connectivity index (χ4v) is 1.50. The van der Waals surface area contributed by atoms with Crippen LogP contribution in [0.2, 0.25) is 0 Å². The number of H-pyrrole nitrogens is 1. The number of ether oxygens (including phenoxy) is 1. The molecule has 0 aliphatic carbocycles. The minimum Gasteiger partial charge on any atom is -0.496 e. The summed E-state index contributed by atoms with van der Waals surface area (Å²) in [6, 6.07) is 3.95. The average Bonchev–Trinajstić information content (AvgIpc) is 2.50. The van der Waals surface area contributed by atoms with E-state index in [4.69, 9.17) is 9.26 Å². The molecular formula is C10H12NO2+. The zero-order valence-corrected chi connectivity index (χ0v) is 7.97. The summed E-state index contributed by atoms with van der Waals surface area (Å²) in [5, 5.41) is 3.95. The molecule has 0 radical (unpaired) electrons. The summed E-state index contributed by atoms with van der Waals surface area (Å²) < 4.78 is 10.5. The molecule has 0 saturated heterocycles. The third kappa shape index (κ3) is 1.08. The Bertz CT molecular complexity index is 445. The number of hydrogen-bond donors (Lipinski definition) is 0. The number of benzene rings is 1. The molecule has 0 bridgehead atoms. The van der Waals surface area contributed by atoms with Crippen molar-refractivity contribution in [3.8, 4) is 5.75 Å². The van der Waals surface area contributed by atoms with Crippen molar-refractivity contribution in [1.82, 2.24) is 0 Å². The lowest BCUT2D eigenvalue weighted by Gasteiger charge is -2.01. The molecule has 0 amide bonds. The topological polar surface area (TPSA) is 36.5 Å².